The van der Waals surface area contributed by atoms with Crippen molar-refractivity contribution in [1.29, 1.82) is 0 Å². The summed E-state index contributed by atoms with van der Waals surface area (Å²) < 4.78 is 1.95. The van der Waals surface area contributed by atoms with Crippen LogP contribution in [0.4, 0.5) is 11.8 Å². The zero-order chi connectivity index (χ0) is 20.3. The van der Waals surface area contributed by atoms with E-state index in [-0.39, 0.29) is 0 Å². The van der Waals surface area contributed by atoms with E-state index < -0.39 is 0 Å². The van der Waals surface area contributed by atoms with Gasteiger partial charge >= 0.3 is 0 Å². The number of rotatable bonds is 5. The second-order valence-corrected chi connectivity index (χ2v) is 7.74. The Morgan fingerprint density at radius 2 is 1.63 bits per heavy atom. The maximum absolute atomic E-state index is 6.19. The van der Waals surface area contributed by atoms with Crippen molar-refractivity contribution in [2.24, 2.45) is 0 Å². The molecule has 0 radical (unpaired) electrons. The molecule has 0 bridgehead atoms. The van der Waals surface area contributed by atoms with E-state index in [1.165, 1.54) is 5.56 Å². The van der Waals surface area contributed by atoms with Crippen molar-refractivity contribution in [1.82, 2.24) is 24.4 Å². The fourth-order valence-corrected chi connectivity index (χ4v) is 4.02. The molecule has 2 aromatic carbocycles. The maximum atomic E-state index is 6.19. The van der Waals surface area contributed by atoms with Crippen LogP contribution >= 0.6 is 0 Å². The van der Waals surface area contributed by atoms with Crippen LogP contribution < -0.4 is 11.1 Å². The van der Waals surface area contributed by atoms with Crippen LogP contribution in [0.2, 0.25) is 0 Å². The first-order valence-electron chi connectivity index (χ1n) is 10.3. The van der Waals surface area contributed by atoms with Crippen LogP contribution in [0.15, 0.2) is 67.0 Å². The summed E-state index contributed by atoms with van der Waals surface area (Å²) in [6, 6.07) is 21.0. The Kier molecular flexibility index (Phi) is 5.03. The summed E-state index contributed by atoms with van der Waals surface area (Å²) in [5, 5.41) is 3.50. The molecule has 3 heterocycles. The topological polar surface area (TPSA) is 84.9 Å². The zero-order valence-corrected chi connectivity index (χ0v) is 16.8. The first kappa shape index (κ1) is 18.6. The number of nitrogens with one attached hydrogen (secondary N) is 1. The monoisotopic (exact) mass is 399 g/mol. The summed E-state index contributed by atoms with van der Waals surface area (Å²) in [5.74, 6) is 0.970. The number of nitrogens with two attached hydrogens (primary N) is 1. The summed E-state index contributed by atoms with van der Waals surface area (Å²) in [7, 11) is 0. The first-order chi connectivity index (χ1) is 14.8. The van der Waals surface area contributed by atoms with E-state index in [9.17, 15) is 0 Å². The van der Waals surface area contributed by atoms with E-state index in [2.05, 4.69) is 50.5 Å². The molecule has 7 nitrogen and oxygen atoms in total. The average molecular weight is 400 g/mol. The molecular formula is C23H25N7. The number of benzene rings is 2. The predicted molar refractivity (Wildman–Crippen MR) is 119 cm³/mol. The number of anilines is 2. The van der Waals surface area contributed by atoms with Crippen LogP contribution in [-0.4, -0.2) is 43.6 Å². The molecular weight excluding hydrogens is 374 g/mol. The number of piperidine rings is 1. The molecule has 3 N–H and O–H groups in total. The Morgan fingerprint density at radius 3 is 2.37 bits per heavy atom. The molecule has 7 heteroatoms. The lowest BCUT2D eigenvalue weighted by molar-refractivity contribution is 0.211. The predicted octanol–water partition coefficient (Wildman–Crippen LogP) is 3.47. The number of hydrogen-bond acceptors (Lipinski definition) is 6. The third-order valence-electron chi connectivity index (χ3n) is 5.63. The number of imidazole rings is 1. The second-order valence-electron chi connectivity index (χ2n) is 7.74. The van der Waals surface area contributed by atoms with Crippen molar-refractivity contribution >= 4 is 22.9 Å². The highest BCUT2D eigenvalue weighted by Crippen LogP contribution is 2.23. The van der Waals surface area contributed by atoms with Crippen LogP contribution in [-0.2, 0) is 6.54 Å². The van der Waals surface area contributed by atoms with Crippen LogP contribution in [0.1, 0.15) is 18.4 Å². The van der Waals surface area contributed by atoms with Gasteiger partial charge in [-0.25, -0.2) is 4.98 Å². The lowest BCUT2D eigenvalue weighted by Gasteiger charge is -2.32. The van der Waals surface area contributed by atoms with Crippen LogP contribution in [0.3, 0.4) is 0 Å². The van der Waals surface area contributed by atoms with Gasteiger partial charge < -0.3 is 11.1 Å². The molecule has 0 spiro atoms. The molecule has 0 saturated carbocycles. The molecule has 0 unspecified atom stereocenters. The van der Waals surface area contributed by atoms with Gasteiger partial charge in [-0.15, -0.1) is 0 Å². The fraction of sp³-hybridized carbons (Fsp3) is 0.261. The van der Waals surface area contributed by atoms with Crippen molar-refractivity contribution in [3.05, 3.63) is 72.6 Å². The van der Waals surface area contributed by atoms with Crippen molar-refractivity contribution in [3.8, 4) is 5.69 Å². The van der Waals surface area contributed by atoms with Gasteiger partial charge in [-0.3, -0.25) is 9.47 Å². The minimum atomic E-state index is 0.335. The molecule has 1 saturated heterocycles. The Hall–Kier alpha value is -3.45. The first-order valence-corrected chi connectivity index (χ1v) is 10.3. The van der Waals surface area contributed by atoms with E-state index in [1.54, 1.807) is 6.33 Å². The smallest absolute Gasteiger partial charge is 0.227 e. The summed E-state index contributed by atoms with van der Waals surface area (Å²) in [5.41, 5.74) is 9.89. The largest absolute Gasteiger partial charge is 0.382 e. The lowest BCUT2D eigenvalue weighted by Crippen LogP contribution is -2.39. The molecule has 4 aromatic rings. The third-order valence-corrected chi connectivity index (χ3v) is 5.63. The summed E-state index contributed by atoms with van der Waals surface area (Å²) in [4.78, 5) is 16.1. The minimum absolute atomic E-state index is 0.335. The van der Waals surface area contributed by atoms with Gasteiger partial charge in [-0.05, 0) is 30.5 Å². The minimum Gasteiger partial charge on any atom is -0.382 e. The van der Waals surface area contributed by atoms with Crippen molar-refractivity contribution in [2.75, 3.05) is 24.1 Å². The second kappa shape index (κ2) is 8.12. The third kappa shape index (κ3) is 3.84. The zero-order valence-electron chi connectivity index (χ0n) is 16.8. The van der Waals surface area contributed by atoms with Gasteiger partial charge in [-0.2, -0.15) is 9.97 Å². The highest BCUT2D eigenvalue weighted by atomic mass is 15.2. The number of nitrogens with zero attached hydrogens (tertiary/aromatic N) is 5. The average Bonchev–Trinajstić information content (AvgIpc) is 3.21. The van der Waals surface area contributed by atoms with E-state index in [4.69, 9.17) is 10.7 Å². The van der Waals surface area contributed by atoms with E-state index in [0.717, 1.165) is 43.8 Å². The molecule has 0 aliphatic carbocycles. The molecule has 152 valence electrons. The van der Waals surface area contributed by atoms with Crippen LogP contribution in [0.5, 0.6) is 0 Å². The van der Waals surface area contributed by atoms with Crippen LogP contribution in [0, 0.1) is 0 Å². The number of likely N-dealkylation sites (tertiary alicyclic amines) is 1. The molecule has 1 fully saturated rings. The molecule has 1 aliphatic heterocycles. The fourth-order valence-electron chi connectivity index (χ4n) is 4.02. The van der Waals surface area contributed by atoms with Gasteiger partial charge in [0.25, 0.3) is 0 Å². The van der Waals surface area contributed by atoms with Gasteiger partial charge in [0.15, 0.2) is 17.0 Å². The molecule has 5 rings (SSSR count). The Labute approximate surface area is 175 Å². The van der Waals surface area contributed by atoms with Crippen molar-refractivity contribution in [2.45, 2.75) is 25.4 Å². The number of nitrogen functional groups attached to an aromatic ring is 1. The molecule has 0 atom stereocenters. The maximum Gasteiger partial charge on any atom is 0.227 e. The van der Waals surface area contributed by atoms with Crippen LogP contribution in [0.25, 0.3) is 16.9 Å². The number of hydrogen-bond donors (Lipinski definition) is 2. The van der Waals surface area contributed by atoms with Gasteiger partial charge in [0.2, 0.25) is 5.95 Å². The Bertz CT molecular complexity index is 1120. The summed E-state index contributed by atoms with van der Waals surface area (Å²) in [6.45, 7) is 3.09. The molecule has 2 aromatic heterocycles. The van der Waals surface area contributed by atoms with Gasteiger partial charge in [-0.1, -0.05) is 48.5 Å². The highest BCUT2D eigenvalue weighted by Gasteiger charge is 2.21. The SMILES string of the molecule is Nc1nc(NC2CCN(Cc3ccccc3)CC2)nc2c1ncn2-c1ccccc1. The van der Waals surface area contributed by atoms with E-state index in [0.29, 0.717) is 23.3 Å². The van der Waals surface area contributed by atoms with Gasteiger partial charge in [0.1, 0.15) is 6.33 Å². The van der Waals surface area contributed by atoms with Gasteiger partial charge in [0.05, 0.1) is 0 Å². The molecule has 0 amide bonds. The Morgan fingerprint density at radius 1 is 0.933 bits per heavy atom. The molecule has 30 heavy (non-hydrogen) atoms. The number of para-hydroxylation sites is 1. The number of aromatic nitrogens is 4. The standard InChI is InChI=1S/C23H25N7/c24-21-20-22(30(16-25-20)19-9-5-2-6-10-19)28-23(27-21)26-18-11-13-29(14-12-18)15-17-7-3-1-4-8-17/h1-10,16,18H,11-15H2,(H3,24,26,27,28). The van der Waals surface area contributed by atoms with Gasteiger partial charge in [0, 0.05) is 31.4 Å². The Balaban J connectivity index is 1.29. The van der Waals surface area contributed by atoms with E-state index in [1.807, 2.05) is 34.9 Å². The molecule has 1 aliphatic rings. The highest BCUT2D eigenvalue weighted by molar-refractivity contribution is 5.84. The van der Waals surface area contributed by atoms with Crippen molar-refractivity contribution in [3.63, 3.8) is 0 Å². The summed E-state index contributed by atoms with van der Waals surface area (Å²) >= 11 is 0. The number of fused-ring (bicyclic) bond motifs is 1. The summed E-state index contributed by atoms with van der Waals surface area (Å²) in [6.07, 6.45) is 3.84. The van der Waals surface area contributed by atoms with E-state index >= 15 is 0 Å². The normalized spacial score (nSPS) is 15.5. The van der Waals surface area contributed by atoms with Crippen molar-refractivity contribution < 1.29 is 0 Å². The lowest BCUT2D eigenvalue weighted by atomic mass is 10.0. The quantitative estimate of drug-likeness (QED) is 0.534.